The second-order valence-corrected chi connectivity index (χ2v) is 10.1. The van der Waals surface area contributed by atoms with Crippen molar-refractivity contribution in [3.05, 3.63) is 52.3 Å². The maximum absolute atomic E-state index is 13.4. The number of halogens is 1. The summed E-state index contributed by atoms with van der Waals surface area (Å²) in [5, 5.41) is 8.61. The standard InChI is InChI=1S/C26H32N4O3.BrH/c1-15(31)29(5)21-12-18(11-19(24(21)33-6)26(2,3)4)22(32)14-30-13-17-9-10-20(16-7-8-16)28-23(17)25(30)27;/h9-12,16,27H,7-8,13-14H2,1-6H3;1H. The Bertz CT molecular complexity index is 1150. The molecule has 1 fully saturated rings. The van der Waals surface area contributed by atoms with Crippen LogP contribution in [0.5, 0.6) is 5.75 Å². The molecule has 0 saturated heterocycles. The molecule has 2 aliphatic rings. The van der Waals surface area contributed by atoms with Crippen molar-refractivity contribution in [2.45, 2.75) is 58.4 Å². The third kappa shape index (κ3) is 4.87. The molecule has 0 atom stereocenters. The zero-order valence-electron chi connectivity index (χ0n) is 20.7. The Morgan fingerprint density at radius 1 is 1.24 bits per heavy atom. The van der Waals surface area contributed by atoms with E-state index in [4.69, 9.17) is 15.1 Å². The average Bonchev–Trinajstić information content (AvgIpc) is 3.57. The Morgan fingerprint density at radius 2 is 1.91 bits per heavy atom. The minimum Gasteiger partial charge on any atom is -0.494 e. The minimum atomic E-state index is -0.298. The number of hydrogen-bond donors (Lipinski definition) is 1. The van der Waals surface area contributed by atoms with Crippen LogP contribution in [0.25, 0.3) is 0 Å². The first-order valence-electron chi connectivity index (χ1n) is 11.3. The highest BCUT2D eigenvalue weighted by molar-refractivity contribution is 8.93. The van der Waals surface area contributed by atoms with E-state index >= 15 is 0 Å². The fraction of sp³-hybridized carbons (Fsp3) is 0.462. The van der Waals surface area contributed by atoms with E-state index < -0.39 is 0 Å². The molecule has 0 bridgehead atoms. The quantitative estimate of drug-likeness (QED) is 0.541. The number of anilines is 1. The summed E-state index contributed by atoms with van der Waals surface area (Å²) in [5.41, 5.74) is 4.35. The van der Waals surface area contributed by atoms with Crippen molar-refractivity contribution in [1.29, 1.82) is 5.41 Å². The number of carbonyl (C=O) groups excluding carboxylic acids is 2. The van der Waals surface area contributed by atoms with Gasteiger partial charge in [0.2, 0.25) is 5.91 Å². The van der Waals surface area contributed by atoms with Gasteiger partial charge in [-0.25, -0.2) is 4.98 Å². The van der Waals surface area contributed by atoms with Crippen molar-refractivity contribution in [2.75, 3.05) is 25.6 Å². The second kappa shape index (κ2) is 9.49. The summed E-state index contributed by atoms with van der Waals surface area (Å²) in [7, 11) is 3.26. The molecule has 4 rings (SSSR count). The zero-order chi connectivity index (χ0) is 24.1. The number of ketones is 1. The maximum Gasteiger partial charge on any atom is 0.223 e. The maximum atomic E-state index is 13.4. The number of carbonyl (C=O) groups is 2. The number of aromatic nitrogens is 1. The van der Waals surface area contributed by atoms with Gasteiger partial charge < -0.3 is 14.5 Å². The van der Waals surface area contributed by atoms with Crippen LogP contribution in [0, 0.1) is 5.41 Å². The molecule has 7 nitrogen and oxygen atoms in total. The molecule has 1 saturated carbocycles. The van der Waals surface area contributed by atoms with Crippen molar-refractivity contribution in [3.63, 3.8) is 0 Å². The van der Waals surface area contributed by atoms with Crippen molar-refractivity contribution >= 4 is 40.2 Å². The van der Waals surface area contributed by atoms with Gasteiger partial charge in [0.25, 0.3) is 0 Å². The van der Waals surface area contributed by atoms with Gasteiger partial charge >= 0.3 is 0 Å². The number of amides is 1. The number of benzene rings is 1. The van der Waals surface area contributed by atoms with Gasteiger partial charge in [-0.15, -0.1) is 17.0 Å². The van der Waals surface area contributed by atoms with Crippen LogP contribution in [0.1, 0.15) is 79.3 Å². The molecule has 1 aromatic heterocycles. The van der Waals surface area contributed by atoms with Crippen LogP contribution in [0.2, 0.25) is 0 Å². The third-order valence-corrected chi connectivity index (χ3v) is 6.47. The van der Waals surface area contributed by atoms with Crippen LogP contribution in [0.4, 0.5) is 5.69 Å². The number of nitrogens with one attached hydrogen (secondary N) is 1. The molecule has 2 aromatic rings. The molecule has 0 spiro atoms. The molecule has 8 heteroatoms. The normalized spacial score (nSPS) is 15.0. The fourth-order valence-corrected chi connectivity index (χ4v) is 4.24. The van der Waals surface area contributed by atoms with Crippen molar-refractivity contribution in [1.82, 2.24) is 9.88 Å². The number of pyridine rings is 1. The summed E-state index contributed by atoms with van der Waals surface area (Å²) in [6.07, 6.45) is 2.32. The Kier molecular flexibility index (Phi) is 7.22. The molecule has 1 aromatic carbocycles. The first-order valence-corrected chi connectivity index (χ1v) is 11.3. The lowest BCUT2D eigenvalue weighted by Crippen LogP contribution is -2.31. The molecule has 1 aliphatic heterocycles. The van der Waals surface area contributed by atoms with E-state index in [9.17, 15) is 9.59 Å². The first kappa shape index (κ1) is 25.9. The second-order valence-electron chi connectivity index (χ2n) is 10.1. The number of Topliss-reactive ketones (excluding diaryl/α,β-unsaturated/α-hetero) is 1. The molecular weight excluding hydrogens is 496 g/mol. The smallest absolute Gasteiger partial charge is 0.223 e. The number of fused-ring (bicyclic) bond motifs is 1. The number of methoxy groups -OCH3 is 1. The van der Waals surface area contributed by atoms with E-state index in [1.807, 2.05) is 32.9 Å². The Morgan fingerprint density at radius 3 is 2.47 bits per heavy atom. The van der Waals surface area contributed by atoms with Crippen LogP contribution < -0.4 is 9.64 Å². The van der Waals surface area contributed by atoms with Crippen LogP contribution in [-0.2, 0) is 16.8 Å². The predicted molar refractivity (Wildman–Crippen MR) is 139 cm³/mol. The van der Waals surface area contributed by atoms with E-state index in [-0.39, 0.29) is 40.6 Å². The Labute approximate surface area is 211 Å². The van der Waals surface area contributed by atoms with Crippen LogP contribution in [0.15, 0.2) is 24.3 Å². The van der Waals surface area contributed by atoms with Crippen LogP contribution in [-0.4, -0.2) is 48.1 Å². The summed E-state index contributed by atoms with van der Waals surface area (Å²) in [5.74, 6) is 1.15. The van der Waals surface area contributed by atoms with Gasteiger partial charge in [-0.05, 0) is 36.5 Å². The molecule has 2 heterocycles. The topological polar surface area (TPSA) is 86.6 Å². The summed E-state index contributed by atoms with van der Waals surface area (Å²) in [6, 6.07) is 7.67. The van der Waals surface area contributed by atoms with E-state index in [2.05, 4.69) is 6.07 Å². The van der Waals surface area contributed by atoms with Crippen LogP contribution >= 0.6 is 17.0 Å². The van der Waals surface area contributed by atoms with Crippen molar-refractivity contribution in [2.24, 2.45) is 0 Å². The lowest BCUT2D eigenvalue weighted by molar-refractivity contribution is -0.116. The first-order chi connectivity index (χ1) is 15.5. The summed E-state index contributed by atoms with van der Waals surface area (Å²) in [6.45, 7) is 8.20. The van der Waals surface area contributed by atoms with Crippen molar-refractivity contribution in [3.8, 4) is 5.75 Å². The molecular formula is C26H33BrN4O3. The fourth-order valence-electron chi connectivity index (χ4n) is 4.24. The van der Waals surface area contributed by atoms with Crippen molar-refractivity contribution < 1.29 is 14.3 Å². The number of rotatable bonds is 6. The van der Waals surface area contributed by atoms with Gasteiger partial charge in [0.1, 0.15) is 17.3 Å². The largest absolute Gasteiger partial charge is 0.494 e. The third-order valence-electron chi connectivity index (χ3n) is 6.47. The van der Waals surface area contributed by atoms with Crippen LogP contribution in [0.3, 0.4) is 0 Å². The molecule has 1 N–H and O–H groups in total. The van der Waals surface area contributed by atoms with E-state index in [1.165, 1.54) is 11.8 Å². The molecule has 34 heavy (non-hydrogen) atoms. The molecule has 182 valence electrons. The van der Waals surface area contributed by atoms with Gasteiger partial charge in [-0.3, -0.25) is 15.0 Å². The van der Waals surface area contributed by atoms with E-state index in [1.54, 1.807) is 25.1 Å². The molecule has 1 aliphatic carbocycles. The number of hydrogen-bond acceptors (Lipinski definition) is 5. The monoisotopic (exact) mass is 528 g/mol. The lowest BCUT2D eigenvalue weighted by atomic mass is 9.84. The van der Waals surface area contributed by atoms with Gasteiger partial charge in [-0.1, -0.05) is 26.8 Å². The molecule has 1 amide bonds. The molecule has 0 radical (unpaired) electrons. The Hall–Kier alpha value is -2.74. The highest BCUT2D eigenvalue weighted by Crippen LogP contribution is 2.41. The van der Waals surface area contributed by atoms with Gasteiger partial charge in [0.15, 0.2) is 5.78 Å². The summed E-state index contributed by atoms with van der Waals surface area (Å²) in [4.78, 5) is 33.5. The van der Waals surface area contributed by atoms with E-state index in [0.717, 1.165) is 29.7 Å². The SMILES string of the molecule is Br.COc1c(N(C)C(C)=O)cc(C(=O)CN2Cc3ccc(C4CC4)nc3C2=N)cc1C(C)(C)C. The minimum absolute atomic E-state index is 0. The number of nitrogens with zero attached hydrogens (tertiary/aromatic N) is 3. The molecule has 0 unspecified atom stereocenters. The van der Waals surface area contributed by atoms with E-state index in [0.29, 0.717) is 41.0 Å². The summed E-state index contributed by atoms with van der Waals surface area (Å²) >= 11 is 0. The van der Waals surface area contributed by atoms with Gasteiger partial charge in [0, 0.05) is 48.8 Å². The summed E-state index contributed by atoms with van der Waals surface area (Å²) < 4.78 is 5.68. The number of ether oxygens (including phenoxy) is 1. The van der Waals surface area contributed by atoms with Gasteiger partial charge in [-0.2, -0.15) is 0 Å². The zero-order valence-corrected chi connectivity index (χ0v) is 22.4. The number of amidine groups is 1. The Balaban J connectivity index is 0.00000324. The highest BCUT2D eigenvalue weighted by Gasteiger charge is 2.32. The average molecular weight is 529 g/mol. The predicted octanol–water partition coefficient (Wildman–Crippen LogP) is 4.85. The lowest BCUT2D eigenvalue weighted by Gasteiger charge is -2.28. The highest BCUT2D eigenvalue weighted by atomic mass is 79.9. The van der Waals surface area contributed by atoms with Gasteiger partial charge in [0.05, 0.1) is 19.3 Å².